The van der Waals surface area contributed by atoms with Gasteiger partial charge in [0.15, 0.2) is 0 Å². The number of rotatable bonds is 14. The molecule has 0 aliphatic carbocycles. The minimum atomic E-state index is -1.28. The number of carboxylic acid groups (broad SMARTS) is 1. The van der Waals surface area contributed by atoms with E-state index in [-0.39, 0.29) is 24.2 Å². The van der Waals surface area contributed by atoms with E-state index in [4.69, 9.17) is 24.4 Å². The van der Waals surface area contributed by atoms with Crippen LogP contribution < -0.4 is 5.32 Å². The third-order valence-electron chi connectivity index (χ3n) is 7.75. The lowest BCUT2D eigenvalue weighted by Gasteiger charge is -2.41. The zero-order valence-corrected chi connectivity index (χ0v) is 25.7. The predicted octanol–water partition coefficient (Wildman–Crippen LogP) is 5.33. The highest BCUT2D eigenvalue weighted by molar-refractivity contribution is 6.08. The molecule has 10 nitrogen and oxygen atoms in total. The summed E-state index contributed by atoms with van der Waals surface area (Å²) in [5.41, 5.74) is 5.31. The molecule has 44 heavy (non-hydrogen) atoms. The first kappa shape index (κ1) is 32.7. The molecule has 2 atom stereocenters. The van der Waals surface area contributed by atoms with Crippen molar-refractivity contribution < 1.29 is 28.8 Å². The van der Waals surface area contributed by atoms with E-state index in [0.29, 0.717) is 47.7 Å². The number of hydrogen-bond acceptors (Lipinski definition) is 9. The number of carboxylic acids is 1. The molecule has 1 aromatic carbocycles. The number of hydrogen-bond donors (Lipinski definition) is 3. The molecule has 234 valence electrons. The van der Waals surface area contributed by atoms with Crippen LogP contribution in [0.25, 0.3) is 5.57 Å². The van der Waals surface area contributed by atoms with Gasteiger partial charge < -0.3 is 34.8 Å². The average Bonchev–Trinajstić information content (AvgIpc) is 3.03. The second kappa shape index (κ2) is 15.5. The Kier molecular flexibility index (Phi) is 11.5. The van der Waals surface area contributed by atoms with E-state index in [9.17, 15) is 9.90 Å². The number of nitrogens with zero attached hydrogens (tertiary/aromatic N) is 2. The normalized spacial score (nSPS) is 19.5. The SMILES string of the molecule is C=C/C(=C(/OCc1ccc2c(c1)CCN(C1CCOCC1OC)C2)C(=C)C)c1cccc(N/C(OCC)=C(\C=N)C(=O)O)n1. The van der Waals surface area contributed by atoms with E-state index in [1.54, 1.807) is 32.2 Å². The molecule has 2 aliphatic rings. The van der Waals surface area contributed by atoms with Crippen LogP contribution >= 0.6 is 0 Å². The average molecular weight is 603 g/mol. The lowest BCUT2D eigenvalue weighted by Crippen LogP contribution is -2.51. The van der Waals surface area contributed by atoms with Gasteiger partial charge in [-0.2, -0.15) is 0 Å². The van der Waals surface area contributed by atoms with Crippen molar-refractivity contribution in [1.29, 1.82) is 5.41 Å². The summed E-state index contributed by atoms with van der Waals surface area (Å²) in [5, 5.41) is 19.8. The lowest BCUT2D eigenvalue weighted by molar-refractivity contribution is -0.132. The fraction of sp³-hybridized carbons (Fsp3) is 0.382. The summed E-state index contributed by atoms with van der Waals surface area (Å²) in [7, 11) is 1.76. The van der Waals surface area contributed by atoms with Gasteiger partial charge in [-0.25, -0.2) is 9.78 Å². The van der Waals surface area contributed by atoms with Crippen molar-refractivity contribution in [2.45, 2.75) is 52.0 Å². The maximum atomic E-state index is 11.6. The van der Waals surface area contributed by atoms with Crippen LogP contribution in [0.2, 0.25) is 0 Å². The number of benzene rings is 1. The molecule has 0 spiro atoms. The fourth-order valence-corrected chi connectivity index (χ4v) is 5.56. The monoisotopic (exact) mass is 602 g/mol. The zero-order valence-electron chi connectivity index (χ0n) is 25.7. The molecule has 10 heteroatoms. The van der Waals surface area contributed by atoms with Crippen molar-refractivity contribution in [3.63, 3.8) is 0 Å². The summed E-state index contributed by atoms with van der Waals surface area (Å²) < 4.78 is 23.1. The van der Waals surface area contributed by atoms with Crippen LogP contribution in [-0.4, -0.2) is 72.8 Å². The first-order chi connectivity index (χ1) is 21.3. The number of fused-ring (bicyclic) bond motifs is 1. The van der Waals surface area contributed by atoms with Crippen LogP contribution in [0.4, 0.5) is 5.82 Å². The minimum Gasteiger partial charge on any atom is -0.488 e. The molecule has 2 aliphatic heterocycles. The van der Waals surface area contributed by atoms with Gasteiger partial charge in [-0.1, -0.05) is 43.5 Å². The maximum absolute atomic E-state index is 11.6. The maximum Gasteiger partial charge on any atom is 0.342 e. The van der Waals surface area contributed by atoms with Gasteiger partial charge in [0.1, 0.15) is 23.8 Å². The predicted molar refractivity (Wildman–Crippen MR) is 170 cm³/mol. The molecule has 0 saturated carbocycles. The minimum absolute atomic E-state index is 0.0676. The van der Waals surface area contributed by atoms with E-state index in [0.717, 1.165) is 44.3 Å². The second-order valence-electron chi connectivity index (χ2n) is 10.7. The van der Waals surface area contributed by atoms with Crippen molar-refractivity contribution >= 4 is 23.6 Å². The van der Waals surface area contributed by atoms with E-state index in [2.05, 4.69) is 46.6 Å². The highest BCUT2D eigenvalue weighted by Crippen LogP contribution is 2.29. The largest absolute Gasteiger partial charge is 0.488 e. The van der Waals surface area contributed by atoms with Crippen LogP contribution in [0.15, 0.2) is 78.4 Å². The number of nitrogens with one attached hydrogen (secondary N) is 2. The van der Waals surface area contributed by atoms with Gasteiger partial charge >= 0.3 is 5.97 Å². The summed E-state index contributed by atoms with van der Waals surface area (Å²) in [6.45, 7) is 15.6. The Hall–Kier alpha value is -4.25. The molecule has 3 heterocycles. The number of anilines is 1. The molecule has 0 bridgehead atoms. The molecular weight excluding hydrogens is 560 g/mol. The number of carbonyl (C=O) groups is 1. The van der Waals surface area contributed by atoms with Gasteiger partial charge in [0.25, 0.3) is 0 Å². The van der Waals surface area contributed by atoms with Crippen molar-refractivity contribution in [1.82, 2.24) is 9.88 Å². The topological polar surface area (TPSA) is 126 Å². The first-order valence-electron chi connectivity index (χ1n) is 14.7. The smallest absolute Gasteiger partial charge is 0.342 e. The molecule has 2 aromatic rings. The number of aliphatic carboxylic acids is 1. The molecule has 0 amide bonds. The standard InChI is InChI=1S/C34H42N4O6/c1-6-26(28-9-8-10-31(36-28)37-33(43-7-2)27(18-35)34(39)40)32(22(3)4)44-20-23-11-12-25-19-38(15-13-24(25)17-23)29-14-16-42-21-30(29)41-5/h6,8-12,17-18,29-30,35H,1,3,7,13-16,19-21H2,2,4-5H3,(H,36,37)(H,39,40)/b32-26-,33-27-,35-18?. The highest BCUT2D eigenvalue weighted by Gasteiger charge is 2.32. The summed E-state index contributed by atoms with van der Waals surface area (Å²) >= 11 is 0. The third kappa shape index (κ3) is 7.82. The van der Waals surface area contributed by atoms with Gasteiger partial charge in [0.05, 0.1) is 25.0 Å². The number of pyridine rings is 1. The number of ether oxygens (including phenoxy) is 4. The first-order valence-corrected chi connectivity index (χ1v) is 14.7. The van der Waals surface area contributed by atoms with E-state index < -0.39 is 5.97 Å². The lowest BCUT2D eigenvalue weighted by atomic mass is 9.94. The van der Waals surface area contributed by atoms with Crippen LogP contribution in [0.1, 0.15) is 42.7 Å². The molecular formula is C34H42N4O6. The number of aromatic nitrogens is 1. The summed E-state index contributed by atoms with van der Waals surface area (Å²) in [4.78, 5) is 18.8. The van der Waals surface area contributed by atoms with Crippen molar-refractivity contribution in [3.8, 4) is 0 Å². The number of allylic oxidation sites excluding steroid dienone is 3. The Morgan fingerprint density at radius 2 is 2.09 bits per heavy atom. The molecule has 4 rings (SSSR count). The van der Waals surface area contributed by atoms with Crippen LogP contribution in [0.5, 0.6) is 0 Å². The van der Waals surface area contributed by atoms with Crippen molar-refractivity contribution in [2.75, 3.05) is 38.8 Å². The van der Waals surface area contributed by atoms with Gasteiger partial charge in [0.2, 0.25) is 5.88 Å². The van der Waals surface area contributed by atoms with Gasteiger partial charge in [-0.3, -0.25) is 4.90 Å². The van der Waals surface area contributed by atoms with Gasteiger partial charge in [0, 0.05) is 44.6 Å². The fourth-order valence-electron chi connectivity index (χ4n) is 5.56. The Labute approximate surface area is 259 Å². The third-order valence-corrected chi connectivity index (χ3v) is 7.75. The van der Waals surface area contributed by atoms with E-state index in [1.165, 1.54) is 11.1 Å². The van der Waals surface area contributed by atoms with Crippen LogP contribution in [0.3, 0.4) is 0 Å². The van der Waals surface area contributed by atoms with Crippen molar-refractivity contribution in [3.05, 3.63) is 101 Å². The Morgan fingerprint density at radius 3 is 2.77 bits per heavy atom. The second-order valence-corrected chi connectivity index (χ2v) is 10.7. The Bertz CT molecular complexity index is 1450. The number of methoxy groups -OCH3 is 1. The highest BCUT2D eigenvalue weighted by atomic mass is 16.5. The van der Waals surface area contributed by atoms with Crippen molar-refractivity contribution in [2.24, 2.45) is 0 Å². The van der Waals surface area contributed by atoms with Gasteiger partial charge in [-0.05, 0) is 61.1 Å². The van der Waals surface area contributed by atoms with E-state index >= 15 is 0 Å². The molecule has 1 aromatic heterocycles. The molecule has 3 N–H and O–H groups in total. The van der Waals surface area contributed by atoms with Crippen LogP contribution in [-0.2, 0) is 43.3 Å². The van der Waals surface area contributed by atoms with Crippen LogP contribution in [0, 0.1) is 5.41 Å². The molecule has 2 unspecified atom stereocenters. The van der Waals surface area contributed by atoms with Gasteiger partial charge in [-0.15, -0.1) is 0 Å². The zero-order chi connectivity index (χ0) is 31.6. The molecule has 1 fully saturated rings. The Morgan fingerprint density at radius 1 is 1.27 bits per heavy atom. The molecule has 0 radical (unpaired) electrons. The summed E-state index contributed by atoms with van der Waals surface area (Å²) in [6.07, 6.45) is 4.43. The molecule has 1 saturated heterocycles. The Balaban J connectivity index is 1.52. The van der Waals surface area contributed by atoms with E-state index in [1.807, 2.05) is 13.0 Å². The quantitative estimate of drug-likeness (QED) is 0.114. The summed E-state index contributed by atoms with van der Waals surface area (Å²) in [6, 6.07) is 12.2. The summed E-state index contributed by atoms with van der Waals surface area (Å²) in [5.74, 6) is -0.449.